The molecule has 2 heterocycles. The first-order chi connectivity index (χ1) is 13.6. The summed E-state index contributed by atoms with van der Waals surface area (Å²) in [5.74, 6) is 1.13. The van der Waals surface area contributed by atoms with E-state index in [9.17, 15) is 0 Å². The van der Waals surface area contributed by atoms with Crippen LogP contribution in [0.5, 0.6) is 0 Å². The van der Waals surface area contributed by atoms with Gasteiger partial charge in [-0.3, -0.25) is 4.57 Å². The van der Waals surface area contributed by atoms with Gasteiger partial charge in [0.25, 0.3) is 0 Å². The van der Waals surface area contributed by atoms with Gasteiger partial charge < -0.3 is 11.5 Å². The average molecular weight is 410 g/mol. The highest BCUT2D eigenvalue weighted by molar-refractivity contribution is 7.98. The van der Waals surface area contributed by atoms with Crippen LogP contribution in [0.3, 0.4) is 0 Å². The summed E-state index contributed by atoms with van der Waals surface area (Å²) in [6, 6.07) is 17.7. The van der Waals surface area contributed by atoms with Crippen LogP contribution in [-0.4, -0.2) is 24.5 Å². The van der Waals surface area contributed by atoms with Crippen LogP contribution >= 0.6 is 23.4 Å². The van der Waals surface area contributed by atoms with E-state index in [1.807, 2.05) is 65.4 Å². The Labute approximate surface area is 170 Å². The molecule has 2 aromatic carbocycles. The van der Waals surface area contributed by atoms with E-state index in [4.69, 9.17) is 23.1 Å². The van der Waals surface area contributed by atoms with Crippen LogP contribution in [0.1, 0.15) is 5.82 Å². The lowest BCUT2D eigenvalue weighted by atomic mass is 10.1. The zero-order valence-electron chi connectivity index (χ0n) is 14.7. The molecule has 0 bridgehead atoms. The van der Waals surface area contributed by atoms with Gasteiger partial charge in [-0.05, 0) is 12.1 Å². The third-order valence-electron chi connectivity index (χ3n) is 3.94. The molecule has 4 rings (SSSR count). The van der Waals surface area contributed by atoms with E-state index >= 15 is 0 Å². The number of nitrogen functional groups attached to an aromatic ring is 2. The van der Waals surface area contributed by atoms with Gasteiger partial charge in [0.05, 0.1) is 28.4 Å². The van der Waals surface area contributed by atoms with Gasteiger partial charge in [-0.15, -0.1) is 0 Å². The van der Waals surface area contributed by atoms with Crippen molar-refractivity contribution in [1.29, 1.82) is 0 Å². The number of anilines is 2. The molecule has 9 heteroatoms. The first kappa shape index (κ1) is 18.3. The second-order valence-electron chi connectivity index (χ2n) is 5.84. The van der Waals surface area contributed by atoms with Gasteiger partial charge in [-0.25, -0.2) is 4.98 Å². The van der Waals surface area contributed by atoms with Gasteiger partial charge >= 0.3 is 0 Å². The molecular weight excluding hydrogens is 394 g/mol. The molecule has 0 saturated heterocycles. The Hall–Kier alpha value is -3.10. The molecule has 0 aliphatic heterocycles. The highest BCUT2D eigenvalue weighted by atomic mass is 35.5. The standard InChI is InChI=1S/C19H16ClN7S/c20-13-8-4-5-9-14(13)27-15(12-6-2-1-3-7-12)10-23-19(27)28-11-16-24-17(21)26-18(22)25-16/h1-10H,11H2,(H4,21,22,24,25,26). The summed E-state index contributed by atoms with van der Waals surface area (Å²) in [5.41, 5.74) is 14.1. The highest BCUT2D eigenvalue weighted by Gasteiger charge is 2.17. The van der Waals surface area contributed by atoms with Gasteiger partial charge in [0.1, 0.15) is 5.82 Å². The van der Waals surface area contributed by atoms with Crippen LogP contribution < -0.4 is 11.5 Å². The molecule has 0 aliphatic rings. The lowest BCUT2D eigenvalue weighted by Gasteiger charge is -2.13. The Morgan fingerprint density at radius 2 is 1.57 bits per heavy atom. The summed E-state index contributed by atoms with van der Waals surface area (Å²) >= 11 is 7.95. The number of hydrogen-bond donors (Lipinski definition) is 2. The Bertz CT molecular complexity index is 1090. The first-order valence-corrected chi connectivity index (χ1v) is 9.75. The largest absolute Gasteiger partial charge is 0.368 e. The fourth-order valence-electron chi connectivity index (χ4n) is 2.77. The van der Waals surface area contributed by atoms with Gasteiger partial charge in [-0.2, -0.15) is 15.0 Å². The van der Waals surface area contributed by atoms with E-state index in [1.54, 1.807) is 0 Å². The van der Waals surface area contributed by atoms with Crippen LogP contribution in [0, 0.1) is 0 Å². The van der Waals surface area contributed by atoms with Gasteiger partial charge in [0, 0.05) is 5.56 Å². The predicted octanol–water partition coefficient (Wildman–Crippen LogP) is 3.83. The Morgan fingerprint density at radius 3 is 2.29 bits per heavy atom. The summed E-state index contributed by atoms with van der Waals surface area (Å²) < 4.78 is 2.02. The molecule has 2 aromatic heterocycles. The number of nitrogens with two attached hydrogens (primary N) is 2. The summed E-state index contributed by atoms with van der Waals surface area (Å²) in [5, 5.41) is 1.39. The predicted molar refractivity (Wildman–Crippen MR) is 112 cm³/mol. The number of benzene rings is 2. The summed E-state index contributed by atoms with van der Waals surface area (Å²) in [6.45, 7) is 0. The van der Waals surface area contributed by atoms with Gasteiger partial charge in [-0.1, -0.05) is 65.8 Å². The minimum Gasteiger partial charge on any atom is -0.368 e. The van der Waals surface area contributed by atoms with Crippen molar-refractivity contribution in [2.24, 2.45) is 0 Å². The molecule has 0 saturated carbocycles. The van der Waals surface area contributed by atoms with Crippen molar-refractivity contribution >= 4 is 35.3 Å². The van der Waals surface area contributed by atoms with E-state index in [2.05, 4.69) is 19.9 Å². The van der Waals surface area contributed by atoms with Gasteiger partial charge in [0.2, 0.25) is 11.9 Å². The van der Waals surface area contributed by atoms with Crippen molar-refractivity contribution in [2.45, 2.75) is 10.9 Å². The molecule has 4 aromatic rings. The Kier molecular flexibility index (Phi) is 5.14. The molecule has 0 atom stereocenters. The summed E-state index contributed by atoms with van der Waals surface area (Å²) in [6.07, 6.45) is 1.83. The number of imidazole rings is 1. The van der Waals surface area contributed by atoms with Crippen LogP contribution in [0.15, 0.2) is 66.0 Å². The average Bonchev–Trinajstić information content (AvgIpc) is 3.10. The molecular formula is C19H16ClN7S. The topological polar surface area (TPSA) is 109 Å². The molecule has 4 N–H and O–H groups in total. The second kappa shape index (κ2) is 7.87. The van der Waals surface area contributed by atoms with Crippen molar-refractivity contribution < 1.29 is 0 Å². The summed E-state index contributed by atoms with van der Waals surface area (Å²) in [4.78, 5) is 16.7. The molecule has 0 aliphatic carbocycles. The lowest BCUT2D eigenvalue weighted by molar-refractivity contribution is 0.896. The van der Waals surface area contributed by atoms with E-state index in [0.717, 1.165) is 22.1 Å². The van der Waals surface area contributed by atoms with E-state index in [1.165, 1.54) is 11.8 Å². The smallest absolute Gasteiger partial charge is 0.225 e. The zero-order chi connectivity index (χ0) is 19.5. The number of rotatable bonds is 5. The molecule has 0 fully saturated rings. The number of para-hydroxylation sites is 1. The first-order valence-electron chi connectivity index (χ1n) is 8.38. The van der Waals surface area contributed by atoms with Crippen LogP contribution in [0.2, 0.25) is 5.02 Å². The maximum absolute atomic E-state index is 6.48. The molecule has 0 unspecified atom stereocenters. The third-order valence-corrected chi connectivity index (χ3v) is 5.21. The third kappa shape index (κ3) is 3.78. The monoisotopic (exact) mass is 409 g/mol. The van der Waals surface area contributed by atoms with Crippen LogP contribution in [0.4, 0.5) is 11.9 Å². The number of halogens is 1. The molecule has 28 heavy (non-hydrogen) atoms. The maximum Gasteiger partial charge on any atom is 0.225 e. The SMILES string of the molecule is Nc1nc(N)nc(CSc2ncc(-c3ccccc3)n2-c2ccccc2Cl)n1. The fraction of sp³-hybridized carbons (Fsp3) is 0.0526. The Balaban J connectivity index is 1.75. The normalized spacial score (nSPS) is 10.9. The Morgan fingerprint density at radius 1 is 0.893 bits per heavy atom. The maximum atomic E-state index is 6.48. The lowest BCUT2D eigenvalue weighted by Crippen LogP contribution is -2.06. The molecule has 140 valence electrons. The van der Waals surface area contributed by atoms with E-state index < -0.39 is 0 Å². The number of thioether (sulfide) groups is 1. The number of aromatic nitrogens is 5. The van der Waals surface area contributed by atoms with E-state index in [0.29, 0.717) is 16.6 Å². The fourth-order valence-corrected chi connectivity index (χ4v) is 3.83. The zero-order valence-corrected chi connectivity index (χ0v) is 16.2. The second-order valence-corrected chi connectivity index (χ2v) is 7.19. The van der Waals surface area contributed by atoms with Crippen molar-refractivity contribution in [3.8, 4) is 16.9 Å². The van der Waals surface area contributed by atoms with Gasteiger partial charge in [0.15, 0.2) is 5.16 Å². The molecule has 7 nitrogen and oxygen atoms in total. The molecule has 0 amide bonds. The van der Waals surface area contributed by atoms with E-state index in [-0.39, 0.29) is 11.9 Å². The van der Waals surface area contributed by atoms with Crippen LogP contribution in [0.25, 0.3) is 16.9 Å². The highest BCUT2D eigenvalue weighted by Crippen LogP contribution is 2.33. The van der Waals surface area contributed by atoms with Crippen molar-refractivity contribution in [3.63, 3.8) is 0 Å². The van der Waals surface area contributed by atoms with Crippen molar-refractivity contribution in [1.82, 2.24) is 24.5 Å². The summed E-state index contributed by atoms with van der Waals surface area (Å²) in [7, 11) is 0. The molecule has 0 spiro atoms. The number of hydrogen-bond acceptors (Lipinski definition) is 7. The number of nitrogens with zero attached hydrogens (tertiary/aromatic N) is 5. The van der Waals surface area contributed by atoms with Crippen molar-refractivity contribution in [2.75, 3.05) is 11.5 Å². The van der Waals surface area contributed by atoms with Crippen LogP contribution in [-0.2, 0) is 5.75 Å². The van der Waals surface area contributed by atoms with Crippen molar-refractivity contribution in [3.05, 3.63) is 71.6 Å². The molecule has 0 radical (unpaired) electrons. The minimum absolute atomic E-state index is 0.0996. The minimum atomic E-state index is 0.0996. The quantitative estimate of drug-likeness (QED) is 0.482.